The van der Waals surface area contributed by atoms with Gasteiger partial charge >= 0.3 is 0 Å². The summed E-state index contributed by atoms with van der Waals surface area (Å²) in [6, 6.07) is 7.96. The maximum atomic E-state index is 5.75. The molecule has 1 fully saturated rings. The summed E-state index contributed by atoms with van der Waals surface area (Å²) in [6.07, 6.45) is 3.85. The second kappa shape index (κ2) is 4.12. The van der Waals surface area contributed by atoms with Crippen LogP contribution in [0.2, 0.25) is 0 Å². The quantitative estimate of drug-likeness (QED) is 0.865. The zero-order chi connectivity index (χ0) is 12.6. The lowest BCUT2D eigenvalue weighted by atomic mass is 10.0. The van der Waals surface area contributed by atoms with Crippen LogP contribution in [0.1, 0.15) is 26.2 Å². The van der Waals surface area contributed by atoms with Crippen LogP contribution in [0, 0.1) is 5.41 Å². The molecule has 94 valence electrons. The second-order valence-electron chi connectivity index (χ2n) is 5.15. The van der Waals surface area contributed by atoms with E-state index in [-0.39, 0.29) is 0 Å². The van der Waals surface area contributed by atoms with Crippen molar-refractivity contribution in [2.75, 3.05) is 17.6 Å². The number of hydrogen-bond acceptors (Lipinski definition) is 4. The Morgan fingerprint density at radius 2 is 2.06 bits per heavy atom. The standard InChI is InChI=1S/C14H18N4/c1-2-14(7-8-14)9-16-12-10-5-3-4-6-11(10)17-13(15)18-12/h3-6H,2,7-9H2,1H3,(H3,15,16,17,18). The smallest absolute Gasteiger partial charge is 0.222 e. The number of para-hydroxylation sites is 1. The molecule has 3 rings (SSSR count). The van der Waals surface area contributed by atoms with Crippen LogP contribution in [-0.4, -0.2) is 16.5 Å². The lowest BCUT2D eigenvalue weighted by molar-refractivity contribution is 0.521. The molecule has 0 aliphatic heterocycles. The first-order valence-corrected chi connectivity index (χ1v) is 6.49. The first kappa shape index (κ1) is 11.3. The van der Waals surface area contributed by atoms with Crippen LogP contribution in [0.4, 0.5) is 11.8 Å². The van der Waals surface area contributed by atoms with Gasteiger partial charge in [-0.15, -0.1) is 0 Å². The normalized spacial score (nSPS) is 16.7. The van der Waals surface area contributed by atoms with E-state index in [9.17, 15) is 0 Å². The van der Waals surface area contributed by atoms with Gasteiger partial charge in [0, 0.05) is 11.9 Å². The van der Waals surface area contributed by atoms with Crippen molar-refractivity contribution in [3.8, 4) is 0 Å². The van der Waals surface area contributed by atoms with E-state index in [2.05, 4.69) is 22.2 Å². The van der Waals surface area contributed by atoms with Crippen molar-refractivity contribution >= 4 is 22.7 Å². The van der Waals surface area contributed by atoms with Crippen molar-refractivity contribution in [1.82, 2.24) is 9.97 Å². The summed E-state index contributed by atoms with van der Waals surface area (Å²) in [5.41, 5.74) is 7.13. The number of hydrogen-bond donors (Lipinski definition) is 2. The van der Waals surface area contributed by atoms with Gasteiger partial charge in [-0.25, -0.2) is 4.98 Å². The predicted molar refractivity (Wildman–Crippen MR) is 74.4 cm³/mol. The van der Waals surface area contributed by atoms with Gasteiger partial charge in [0.05, 0.1) is 5.52 Å². The third-order valence-electron chi connectivity index (χ3n) is 3.96. The highest BCUT2D eigenvalue weighted by molar-refractivity contribution is 5.89. The van der Waals surface area contributed by atoms with Crippen molar-refractivity contribution in [3.63, 3.8) is 0 Å². The first-order valence-electron chi connectivity index (χ1n) is 6.49. The topological polar surface area (TPSA) is 63.8 Å². The number of nitrogen functional groups attached to an aromatic ring is 1. The Morgan fingerprint density at radius 1 is 1.28 bits per heavy atom. The van der Waals surface area contributed by atoms with Crippen LogP contribution in [0.3, 0.4) is 0 Å². The summed E-state index contributed by atoms with van der Waals surface area (Å²) in [7, 11) is 0. The fourth-order valence-electron chi connectivity index (χ4n) is 2.33. The highest BCUT2D eigenvalue weighted by Gasteiger charge is 2.40. The molecule has 0 radical (unpaired) electrons. The molecule has 4 heteroatoms. The number of nitrogens with two attached hydrogens (primary N) is 1. The van der Waals surface area contributed by atoms with Crippen LogP contribution >= 0.6 is 0 Å². The minimum Gasteiger partial charge on any atom is -0.369 e. The highest BCUT2D eigenvalue weighted by Crippen LogP contribution is 2.48. The Kier molecular flexibility index (Phi) is 2.58. The van der Waals surface area contributed by atoms with Crippen LogP contribution in [0.25, 0.3) is 10.9 Å². The van der Waals surface area contributed by atoms with E-state index in [1.807, 2.05) is 24.3 Å². The van der Waals surface area contributed by atoms with Gasteiger partial charge in [0.15, 0.2) is 0 Å². The Labute approximate surface area is 107 Å². The minimum absolute atomic E-state index is 0.331. The third-order valence-corrected chi connectivity index (χ3v) is 3.96. The Balaban J connectivity index is 1.91. The number of aromatic nitrogens is 2. The number of anilines is 2. The second-order valence-corrected chi connectivity index (χ2v) is 5.15. The van der Waals surface area contributed by atoms with E-state index in [4.69, 9.17) is 5.73 Å². The van der Waals surface area contributed by atoms with Gasteiger partial charge in [0.25, 0.3) is 0 Å². The fraction of sp³-hybridized carbons (Fsp3) is 0.429. The zero-order valence-corrected chi connectivity index (χ0v) is 10.6. The van der Waals surface area contributed by atoms with E-state index >= 15 is 0 Å². The molecular weight excluding hydrogens is 224 g/mol. The lowest BCUT2D eigenvalue weighted by Crippen LogP contribution is -2.16. The van der Waals surface area contributed by atoms with Gasteiger partial charge in [-0.2, -0.15) is 4.98 Å². The van der Waals surface area contributed by atoms with E-state index in [1.54, 1.807) is 0 Å². The molecule has 1 aliphatic rings. The fourth-order valence-corrected chi connectivity index (χ4v) is 2.33. The summed E-state index contributed by atoms with van der Waals surface area (Å²) in [4.78, 5) is 8.57. The van der Waals surface area contributed by atoms with Gasteiger partial charge in [-0.3, -0.25) is 0 Å². The molecule has 3 N–H and O–H groups in total. The van der Waals surface area contributed by atoms with Crippen molar-refractivity contribution in [3.05, 3.63) is 24.3 Å². The van der Waals surface area contributed by atoms with Gasteiger partial charge in [-0.05, 0) is 36.8 Å². The summed E-state index contributed by atoms with van der Waals surface area (Å²) in [5.74, 6) is 1.19. The number of rotatable bonds is 4. The molecular formula is C14H18N4. The lowest BCUT2D eigenvalue weighted by Gasteiger charge is -2.15. The SMILES string of the molecule is CCC1(CNc2nc(N)nc3ccccc23)CC1. The Morgan fingerprint density at radius 3 is 2.78 bits per heavy atom. The predicted octanol–water partition coefficient (Wildman–Crippen LogP) is 2.81. The average molecular weight is 242 g/mol. The number of benzene rings is 1. The molecule has 1 aromatic carbocycles. The highest BCUT2D eigenvalue weighted by atomic mass is 15.1. The first-order chi connectivity index (χ1) is 8.72. The van der Waals surface area contributed by atoms with Gasteiger partial charge in [0.1, 0.15) is 5.82 Å². The van der Waals surface area contributed by atoms with Crippen molar-refractivity contribution < 1.29 is 0 Å². The van der Waals surface area contributed by atoms with Crippen LogP contribution in [0.15, 0.2) is 24.3 Å². The molecule has 1 heterocycles. The molecule has 1 aromatic heterocycles. The van der Waals surface area contributed by atoms with E-state index in [0.29, 0.717) is 11.4 Å². The van der Waals surface area contributed by atoms with Crippen LogP contribution < -0.4 is 11.1 Å². The minimum atomic E-state index is 0.331. The molecule has 0 atom stereocenters. The van der Waals surface area contributed by atoms with Crippen LogP contribution in [0.5, 0.6) is 0 Å². The largest absolute Gasteiger partial charge is 0.369 e. The Bertz CT molecular complexity index is 575. The molecule has 1 aliphatic carbocycles. The van der Waals surface area contributed by atoms with Crippen molar-refractivity contribution in [2.45, 2.75) is 26.2 Å². The maximum absolute atomic E-state index is 5.75. The molecule has 1 saturated carbocycles. The molecule has 4 nitrogen and oxygen atoms in total. The van der Waals surface area contributed by atoms with Gasteiger partial charge in [-0.1, -0.05) is 19.1 Å². The third kappa shape index (κ3) is 1.98. The summed E-state index contributed by atoms with van der Waals surface area (Å²) in [6.45, 7) is 3.23. The zero-order valence-electron chi connectivity index (χ0n) is 10.6. The van der Waals surface area contributed by atoms with E-state index in [0.717, 1.165) is 23.3 Å². The van der Waals surface area contributed by atoms with Gasteiger partial charge < -0.3 is 11.1 Å². The average Bonchev–Trinajstić information content (AvgIpc) is 3.16. The van der Waals surface area contributed by atoms with Gasteiger partial charge in [0.2, 0.25) is 5.95 Å². The van der Waals surface area contributed by atoms with Crippen LogP contribution in [-0.2, 0) is 0 Å². The maximum Gasteiger partial charge on any atom is 0.222 e. The summed E-state index contributed by atoms with van der Waals surface area (Å²) >= 11 is 0. The molecule has 18 heavy (non-hydrogen) atoms. The van der Waals surface area contributed by atoms with E-state index in [1.165, 1.54) is 19.3 Å². The monoisotopic (exact) mass is 242 g/mol. The number of nitrogens with zero attached hydrogens (tertiary/aromatic N) is 2. The number of fused-ring (bicyclic) bond motifs is 1. The summed E-state index contributed by atoms with van der Waals surface area (Å²) in [5, 5.41) is 4.49. The molecule has 0 amide bonds. The van der Waals surface area contributed by atoms with E-state index < -0.39 is 0 Å². The Hall–Kier alpha value is -1.84. The molecule has 0 spiro atoms. The number of nitrogens with one attached hydrogen (secondary N) is 1. The summed E-state index contributed by atoms with van der Waals surface area (Å²) < 4.78 is 0. The molecule has 0 bridgehead atoms. The van der Waals surface area contributed by atoms with Crippen molar-refractivity contribution in [1.29, 1.82) is 0 Å². The molecule has 2 aromatic rings. The molecule has 0 unspecified atom stereocenters. The van der Waals surface area contributed by atoms with Crippen molar-refractivity contribution in [2.24, 2.45) is 5.41 Å². The molecule has 0 saturated heterocycles.